The van der Waals surface area contributed by atoms with Gasteiger partial charge < -0.3 is 11.1 Å². The third-order valence-corrected chi connectivity index (χ3v) is 4.06. The van der Waals surface area contributed by atoms with Crippen molar-refractivity contribution in [2.24, 2.45) is 11.7 Å². The van der Waals surface area contributed by atoms with Gasteiger partial charge >= 0.3 is 0 Å². The van der Waals surface area contributed by atoms with Gasteiger partial charge in [-0.3, -0.25) is 4.79 Å². The average molecular weight is 260 g/mol. The van der Waals surface area contributed by atoms with Gasteiger partial charge in [0.2, 0.25) is 5.91 Å². The van der Waals surface area contributed by atoms with E-state index < -0.39 is 0 Å². The minimum absolute atomic E-state index is 0.0894. The number of aryl methyl sites for hydroxylation is 1. The highest BCUT2D eigenvalue weighted by Gasteiger charge is 2.24. The molecule has 0 aromatic heterocycles. The fraction of sp³-hybridized carbons (Fsp3) is 0.562. The molecule has 1 aromatic carbocycles. The number of amides is 1. The molecule has 1 fully saturated rings. The van der Waals surface area contributed by atoms with Gasteiger partial charge in [0.25, 0.3) is 0 Å². The van der Waals surface area contributed by atoms with E-state index in [-0.39, 0.29) is 11.9 Å². The maximum absolute atomic E-state index is 12.0. The Hall–Kier alpha value is -1.35. The molecule has 1 aromatic rings. The monoisotopic (exact) mass is 260 g/mol. The van der Waals surface area contributed by atoms with Gasteiger partial charge in [-0.25, -0.2) is 0 Å². The predicted molar refractivity (Wildman–Crippen MR) is 79.0 cm³/mol. The molecule has 1 amide bonds. The minimum Gasteiger partial charge on any atom is -0.327 e. The zero-order valence-electron chi connectivity index (χ0n) is 11.7. The van der Waals surface area contributed by atoms with Crippen LogP contribution in [-0.4, -0.2) is 11.9 Å². The Morgan fingerprint density at radius 3 is 2.58 bits per heavy atom. The lowest BCUT2D eigenvalue weighted by Crippen LogP contribution is -2.35. The van der Waals surface area contributed by atoms with Gasteiger partial charge in [0.1, 0.15) is 0 Å². The quantitative estimate of drug-likeness (QED) is 0.874. The number of rotatable bonds is 4. The third-order valence-electron chi connectivity index (χ3n) is 4.06. The molecule has 3 heteroatoms. The molecule has 2 atom stereocenters. The number of hydrogen-bond acceptors (Lipinski definition) is 2. The van der Waals surface area contributed by atoms with Crippen LogP contribution in [0.2, 0.25) is 0 Å². The number of hydrogen-bond donors (Lipinski definition) is 2. The van der Waals surface area contributed by atoms with Crippen molar-refractivity contribution < 1.29 is 4.79 Å². The van der Waals surface area contributed by atoms with Crippen LogP contribution in [0.25, 0.3) is 0 Å². The molecule has 2 rings (SSSR count). The Morgan fingerprint density at radius 1 is 1.26 bits per heavy atom. The molecule has 1 saturated carbocycles. The number of nitrogens with two attached hydrogens (primary N) is 1. The molecule has 0 bridgehead atoms. The van der Waals surface area contributed by atoms with Crippen molar-refractivity contribution in [3.05, 3.63) is 29.8 Å². The molecular formula is C16H24N2O. The third kappa shape index (κ3) is 4.06. The van der Waals surface area contributed by atoms with E-state index in [2.05, 4.69) is 24.4 Å². The molecule has 0 aliphatic heterocycles. The number of anilines is 1. The average Bonchev–Trinajstić information content (AvgIpc) is 2.42. The second-order valence-corrected chi connectivity index (χ2v) is 5.51. The summed E-state index contributed by atoms with van der Waals surface area (Å²) >= 11 is 0. The van der Waals surface area contributed by atoms with E-state index in [1.54, 1.807) is 0 Å². The summed E-state index contributed by atoms with van der Waals surface area (Å²) in [5, 5.41) is 2.97. The number of nitrogens with one attached hydrogen (secondary N) is 1. The van der Waals surface area contributed by atoms with Crippen molar-refractivity contribution in [1.29, 1.82) is 0 Å². The first-order valence-electron chi connectivity index (χ1n) is 7.33. The Morgan fingerprint density at radius 2 is 1.95 bits per heavy atom. The van der Waals surface area contributed by atoms with Gasteiger partial charge in [0, 0.05) is 18.2 Å². The summed E-state index contributed by atoms with van der Waals surface area (Å²) in [6.45, 7) is 2.12. The van der Waals surface area contributed by atoms with Crippen LogP contribution < -0.4 is 11.1 Å². The number of carbonyl (C=O) groups excluding carboxylic acids is 1. The van der Waals surface area contributed by atoms with E-state index in [0.29, 0.717) is 12.3 Å². The maximum atomic E-state index is 12.0. The van der Waals surface area contributed by atoms with Crippen LogP contribution in [-0.2, 0) is 11.2 Å². The summed E-state index contributed by atoms with van der Waals surface area (Å²) in [6.07, 6.45) is 6.13. The summed E-state index contributed by atoms with van der Waals surface area (Å²) in [6, 6.07) is 8.25. The Balaban J connectivity index is 1.86. The van der Waals surface area contributed by atoms with Gasteiger partial charge in [0.05, 0.1) is 0 Å². The number of carbonyl (C=O) groups is 1. The molecular weight excluding hydrogens is 236 g/mol. The highest BCUT2D eigenvalue weighted by molar-refractivity contribution is 5.90. The van der Waals surface area contributed by atoms with Crippen LogP contribution in [0.4, 0.5) is 5.69 Å². The lowest BCUT2D eigenvalue weighted by molar-refractivity contribution is -0.117. The second-order valence-electron chi connectivity index (χ2n) is 5.51. The van der Waals surface area contributed by atoms with E-state index in [4.69, 9.17) is 5.73 Å². The molecule has 104 valence electrons. The van der Waals surface area contributed by atoms with Crippen LogP contribution in [0.1, 0.15) is 44.6 Å². The van der Waals surface area contributed by atoms with Crippen molar-refractivity contribution >= 4 is 11.6 Å². The van der Waals surface area contributed by atoms with Crippen LogP contribution in [0.15, 0.2) is 24.3 Å². The Kier molecular flexibility index (Phi) is 4.97. The van der Waals surface area contributed by atoms with Crippen molar-refractivity contribution in [1.82, 2.24) is 0 Å². The molecule has 2 unspecified atom stereocenters. The lowest BCUT2D eigenvalue weighted by atomic mass is 9.83. The fourth-order valence-corrected chi connectivity index (χ4v) is 2.76. The van der Waals surface area contributed by atoms with Gasteiger partial charge in [0.15, 0.2) is 0 Å². The minimum atomic E-state index is 0.0894. The van der Waals surface area contributed by atoms with E-state index >= 15 is 0 Å². The van der Waals surface area contributed by atoms with Gasteiger partial charge in [-0.15, -0.1) is 0 Å². The topological polar surface area (TPSA) is 55.1 Å². The van der Waals surface area contributed by atoms with Gasteiger partial charge in [-0.2, -0.15) is 0 Å². The zero-order valence-corrected chi connectivity index (χ0v) is 11.7. The molecule has 3 nitrogen and oxygen atoms in total. The van der Waals surface area contributed by atoms with E-state index in [9.17, 15) is 4.79 Å². The first-order chi connectivity index (χ1) is 9.19. The first kappa shape index (κ1) is 14.1. The van der Waals surface area contributed by atoms with Crippen molar-refractivity contribution in [2.75, 3.05) is 5.32 Å². The largest absolute Gasteiger partial charge is 0.327 e. The highest BCUT2D eigenvalue weighted by atomic mass is 16.1. The normalized spacial score (nSPS) is 23.1. The highest BCUT2D eigenvalue weighted by Crippen LogP contribution is 2.26. The number of benzene rings is 1. The van der Waals surface area contributed by atoms with Crippen LogP contribution in [0, 0.1) is 5.92 Å². The van der Waals surface area contributed by atoms with E-state index in [0.717, 1.165) is 24.9 Å². The molecule has 19 heavy (non-hydrogen) atoms. The summed E-state index contributed by atoms with van der Waals surface area (Å²) in [7, 11) is 0. The van der Waals surface area contributed by atoms with Crippen molar-refractivity contribution in [2.45, 2.75) is 51.5 Å². The van der Waals surface area contributed by atoms with Crippen molar-refractivity contribution in [3.8, 4) is 0 Å². The molecule has 0 saturated heterocycles. The Bertz CT molecular complexity index is 413. The SMILES string of the molecule is CCc1ccc(NC(=O)CC2CCCCC2N)cc1. The first-order valence-corrected chi connectivity index (χ1v) is 7.33. The lowest BCUT2D eigenvalue weighted by Gasteiger charge is -2.27. The fourth-order valence-electron chi connectivity index (χ4n) is 2.76. The van der Waals surface area contributed by atoms with Crippen molar-refractivity contribution in [3.63, 3.8) is 0 Å². The maximum Gasteiger partial charge on any atom is 0.224 e. The second kappa shape index (κ2) is 6.71. The summed E-state index contributed by atoms with van der Waals surface area (Å²) < 4.78 is 0. The Labute approximate surface area is 115 Å². The molecule has 3 N–H and O–H groups in total. The van der Waals surface area contributed by atoms with Crippen LogP contribution >= 0.6 is 0 Å². The summed E-state index contributed by atoms with van der Waals surface area (Å²) in [4.78, 5) is 12.0. The zero-order chi connectivity index (χ0) is 13.7. The molecule has 0 spiro atoms. The summed E-state index contributed by atoms with van der Waals surface area (Å²) in [5.41, 5.74) is 8.24. The molecule has 1 aliphatic rings. The molecule has 0 heterocycles. The molecule has 1 aliphatic carbocycles. The van der Waals surface area contributed by atoms with E-state index in [1.165, 1.54) is 18.4 Å². The van der Waals surface area contributed by atoms with Gasteiger partial charge in [-0.05, 0) is 42.9 Å². The summed E-state index contributed by atoms with van der Waals surface area (Å²) in [5.74, 6) is 0.440. The standard InChI is InChI=1S/C16H24N2O/c1-2-12-7-9-14(10-8-12)18-16(19)11-13-5-3-4-6-15(13)17/h7-10,13,15H,2-6,11,17H2,1H3,(H,18,19). The van der Waals surface area contributed by atoms with Gasteiger partial charge in [-0.1, -0.05) is 31.9 Å². The van der Waals surface area contributed by atoms with E-state index in [1.807, 2.05) is 12.1 Å². The van der Waals surface area contributed by atoms with Crippen LogP contribution in [0.5, 0.6) is 0 Å². The molecule has 0 radical (unpaired) electrons. The predicted octanol–water partition coefficient (Wildman–Crippen LogP) is 3.10. The van der Waals surface area contributed by atoms with Crippen LogP contribution in [0.3, 0.4) is 0 Å². The smallest absolute Gasteiger partial charge is 0.224 e.